The molecule has 0 bridgehead atoms. The molecule has 1 aromatic rings. The third-order valence-electron chi connectivity index (χ3n) is 3.88. The number of hydrogen-bond donors (Lipinski definition) is 1. The Morgan fingerprint density at radius 3 is 2.79 bits per heavy atom. The van der Waals surface area contributed by atoms with Gasteiger partial charge in [-0.1, -0.05) is 13.8 Å². The number of thiophene rings is 1. The highest BCUT2D eigenvalue weighted by Crippen LogP contribution is 2.21. The van der Waals surface area contributed by atoms with Crippen LogP contribution >= 0.6 is 11.3 Å². The van der Waals surface area contributed by atoms with E-state index < -0.39 is 0 Å². The van der Waals surface area contributed by atoms with Crippen molar-refractivity contribution in [2.24, 2.45) is 5.92 Å². The summed E-state index contributed by atoms with van der Waals surface area (Å²) in [4.78, 5) is 2.90. The highest BCUT2D eigenvalue weighted by Gasteiger charge is 2.25. The molecule has 1 aliphatic heterocycles. The fraction of sp³-hybridized carbons (Fsp3) is 0.750. The van der Waals surface area contributed by atoms with Gasteiger partial charge in [0.05, 0.1) is 6.10 Å². The molecule has 0 amide bonds. The van der Waals surface area contributed by atoms with Gasteiger partial charge in [0.15, 0.2) is 0 Å². The Bertz CT molecular complexity index is 388. The second-order valence-electron chi connectivity index (χ2n) is 6.16. The lowest BCUT2D eigenvalue weighted by Gasteiger charge is -2.34. The third kappa shape index (κ3) is 4.59. The molecule has 1 aromatic heterocycles. The van der Waals surface area contributed by atoms with Crippen molar-refractivity contribution in [1.29, 1.82) is 0 Å². The van der Waals surface area contributed by atoms with E-state index in [4.69, 9.17) is 4.74 Å². The molecule has 1 fully saturated rings. The first-order valence-corrected chi connectivity index (χ1v) is 8.29. The Labute approximate surface area is 121 Å². The van der Waals surface area contributed by atoms with Gasteiger partial charge >= 0.3 is 0 Å². The van der Waals surface area contributed by atoms with Crippen molar-refractivity contribution < 1.29 is 4.74 Å². The van der Waals surface area contributed by atoms with Crippen molar-refractivity contribution in [2.75, 3.05) is 6.61 Å². The number of nitrogens with one attached hydrogen (secondary N) is 1. The summed E-state index contributed by atoms with van der Waals surface area (Å²) >= 11 is 1.92. The summed E-state index contributed by atoms with van der Waals surface area (Å²) in [6.07, 6.45) is 3.88. The quantitative estimate of drug-likeness (QED) is 0.887. The molecule has 2 nitrogen and oxygen atoms in total. The van der Waals surface area contributed by atoms with E-state index in [0.29, 0.717) is 24.1 Å². The SMILES string of the molecule is Cc1ccc(CC(C)NC2CCOC(C(C)C)C2)s1. The van der Waals surface area contributed by atoms with Crippen LogP contribution in [-0.2, 0) is 11.2 Å². The Morgan fingerprint density at radius 1 is 1.37 bits per heavy atom. The largest absolute Gasteiger partial charge is 0.378 e. The van der Waals surface area contributed by atoms with Gasteiger partial charge in [0.25, 0.3) is 0 Å². The average Bonchev–Trinajstić information content (AvgIpc) is 2.74. The summed E-state index contributed by atoms with van der Waals surface area (Å²) in [7, 11) is 0. The van der Waals surface area contributed by atoms with Gasteiger partial charge in [-0.15, -0.1) is 11.3 Å². The molecule has 0 aromatic carbocycles. The lowest BCUT2D eigenvalue weighted by Crippen LogP contribution is -2.44. The highest BCUT2D eigenvalue weighted by atomic mass is 32.1. The van der Waals surface area contributed by atoms with Crippen LogP contribution in [0.4, 0.5) is 0 Å². The first-order chi connectivity index (χ1) is 9.04. The Balaban J connectivity index is 1.80. The topological polar surface area (TPSA) is 21.3 Å². The van der Waals surface area contributed by atoms with Crippen LogP contribution in [0.3, 0.4) is 0 Å². The van der Waals surface area contributed by atoms with Crippen LogP contribution in [0.15, 0.2) is 12.1 Å². The predicted octanol–water partition coefficient (Wildman–Crippen LogP) is 3.78. The van der Waals surface area contributed by atoms with Crippen LogP contribution < -0.4 is 5.32 Å². The average molecular weight is 281 g/mol. The summed E-state index contributed by atoms with van der Waals surface area (Å²) in [5.41, 5.74) is 0. The molecule has 3 atom stereocenters. The zero-order chi connectivity index (χ0) is 13.8. The molecule has 3 unspecified atom stereocenters. The van der Waals surface area contributed by atoms with E-state index in [0.717, 1.165) is 25.9 Å². The number of rotatable bonds is 5. The molecule has 19 heavy (non-hydrogen) atoms. The van der Waals surface area contributed by atoms with Crippen molar-refractivity contribution in [1.82, 2.24) is 5.32 Å². The zero-order valence-corrected chi connectivity index (χ0v) is 13.4. The lowest BCUT2D eigenvalue weighted by molar-refractivity contribution is -0.0256. The maximum absolute atomic E-state index is 5.83. The normalized spacial score (nSPS) is 25.7. The number of aryl methyl sites for hydroxylation is 1. The smallest absolute Gasteiger partial charge is 0.0612 e. The lowest BCUT2D eigenvalue weighted by atomic mass is 9.94. The molecule has 2 rings (SSSR count). The molecule has 1 N–H and O–H groups in total. The van der Waals surface area contributed by atoms with Crippen LogP contribution in [0.5, 0.6) is 0 Å². The molecule has 0 saturated carbocycles. The van der Waals surface area contributed by atoms with E-state index in [-0.39, 0.29) is 0 Å². The van der Waals surface area contributed by atoms with Gasteiger partial charge in [-0.3, -0.25) is 0 Å². The van der Waals surface area contributed by atoms with Gasteiger partial charge in [-0.05, 0) is 51.2 Å². The molecule has 1 aliphatic rings. The number of ether oxygens (including phenoxy) is 1. The zero-order valence-electron chi connectivity index (χ0n) is 12.6. The van der Waals surface area contributed by atoms with E-state index in [1.807, 2.05) is 11.3 Å². The van der Waals surface area contributed by atoms with Gasteiger partial charge < -0.3 is 10.1 Å². The first-order valence-electron chi connectivity index (χ1n) is 7.47. The van der Waals surface area contributed by atoms with Gasteiger partial charge in [0.2, 0.25) is 0 Å². The molecule has 0 spiro atoms. The van der Waals surface area contributed by atoms with Gasteiger partial charge in [-0.2, -0.15) is 0 Å². The molecule has 0 radical (unpaired) electrons. The van der Waals surface area contributed by atoms with E-state index >= 15 is 0 Å². The van der Waals surface area contributed by atoms with Crippen molar-refractivity contribution in [2.45, 2.75) is 65.1 Å². The van der Waals surface area contributed by atoms with Crippen LogP contribution in [0, 0.1) is 12.8 Å². The van der Waals surface area contributed by atoms with Crippen molar-refractivity contribution in [3.05, 3.63) is 21.9 Å². The Kier molecular flexibility index (Phi) is 5.43. The maximum atomic E-state index is 5.83. The summed E-state index contributed by atoms with van der Waals surface area (Å²) in [5, 5.41) is 3.79. The number of hydrogen-bond acceptors (Lipinski definition) is 3. The summed E-state index contributed by atoms with van der Waals surface area (Å²) in [6, 6.07) is 5.65. The second-order valence-corrected chi connectivity index (χ2v) is 7.53. The van der Waals surface area contributed by atoms with Crippen LogP contribution in [0.1, 0.15) is 43.4 Å². The monoisotopic (exact) mass is 281 g/mol. The van der Waals surface area contributed by atoms with E-state index in [2.05, 4.69) is 45.1 Å². The summed E-state index contributed by atoms with van der Waals surface area (Å²) in [5.74, 6) is 0.625. The molecule has 2 heterocycles. The highest BCUT2D eigenvalue weighted by molar-refractivity contribution is 7.11. The summed E-state index contributed by atoms with van der Waals surface area (Å²) in [6.45, 7) is 9.90. The van der Waals surface area contributed by atoms with Gasteiger partial charge in [-0.25, -0.2) is 0 Å². The van der Waals surface area contributed by atoms with Crippen LogP contribution in [0.25, 0.3) is 0 Å². The minimum atomic E-state index is 0.433. The van der Waals surface area contributed by atoms with Crippen molar-refractivity contribution >= 4 is 11.3 Å². The fourth-order valence-corrected chi connectivity index (χ4v) is 3.82. The standard InChI is InChI=1S/C16H27NOS/c1-11(2)16-10-14(7-8-18-16)17-12(3)9-15-6-5-13(4)19-15/h5-6,11-12,14,16-17H,7-10H2,1-4H3. The predicted molar refractivity (Wildman–Crippen MR) is 83.0 cm³/mol. The minimum absolute atomic E-state index is 0.433. The van der Waals surface area contributed by atoms with Crippen molar-refractivity contribution in [3.8, 4) is 0 Å². The second kappa shape index (κ2) is 6.87. The molecular weight excluding hydrogens is 254 g/mol. The minimum Gasteiger partial charge on any atom is -0.378 e. The maximum Gasteiger partial charge on any atom is 0.0612 e. The fourth-order valence-electron chi connectivity index (χ4n) is 2.80. The summed E-state index contributed by atoms with van der Waals surface area (Å²) < 4.78 is 5.83. The van der Waals surface area contributed by atoms with Crippen LogP contribution in [0.2, 0.25) is 0 Å². The van der Waals surface area contributed by atoms with Crippen LogP contribution in [-0.4, -0.2) is 24.8 Å². The Morgan fingerprint density at radius 2 is 2.16 bits per heavy atom. The van der Waals surface area contributed by atoms with Gasteiger partial charge in [0, 0.05) is 28.4 Å². The first kappa shape index (κ1) is 15.0. The third-order valence-corrected chi connectivity index (χ3v) is 4.91. The molecular formula is C16H27NOS. The molecule has 108 valence electrons. The van der Waals surface area contributed by atoms with Crippen molar-refractivity contribution in [3.63, 3.8) is 0 Å². The molecule has 0 aliphatic carbocycles. The van der Waals surface area contributed by atoms with Gasteiger partial charge in [0.1, 0.15) is 0 Å². The Hall–Kier alpha value is -0.380. The van der Waals surface area contributed by atoms with E-state index in [9.17, 15) is 0 Å². The molecule has 1 saturated heterocycles. The van der Waals surface area contributed by atoms with E-state index in [1.165, 1.54) is 9.75 Å². The van der Waals surface area contributed by atoms with E-state index in [1.54, 1.807) is 0 Å². The molecule has 3 heteroatoms.